The topological polar surface area (TPSA) is 105 Å². The molecule has 106 valence electrons. The van der Waals surface area contributed by atoms with Gasteiger partial charge in [0.1, 0.15) is 5.41 Å². The van der Waals surface area contributed by atoms with E-state index >= 15 is 0 Å². The molecule has 7 heteroatoms. The summed E-state index contributed by atoms with van der Waals surface area (Å²) in [5.41, 5.74) is -1.17. The Labute approximate surface area is 116 Å². The third kappa shape index (κ3) is 3.03. The van der Waals surface area contributed by atoms with Gasteiger partial charge in [-0.25, -0.2) is 0 Å². The van der Waals surface area contributed by atoms with E-state index in [4.69, 9.17) is 10.00 Å². The van der Waals surface area contributed by atoms with E-state index < -0.39 is 16.2 Å². The molecule has 0 radical (unpaired) electrons. The molecule has 1 aromatic rings. The average molecular weight is 277 g/mol. The molecule has 1 aromatic carbocycles. The molecule has 0 aliphatic carbocycles. The van der Waals surface area contributed by atoms with Gasteiger partial charge in [-0.2, -0.15) is 5.26 Å². The van der Waals surface area contributed by atoms with Crippen molar-refractivity contribution in [2.24, 2.45) is 5.41 Å². The molecule has 1 atom stereocenters. The Morgan fingerprint density at radius 2 is 2.25 bits per heavy atom. The molecule has 0 aromatic heterocycles. The molecule has 20 heavy (non-hydrogen) atoms. The molecule has 0 fully saturated rings. The summed E-state index contributed by atoms with van der Waals surface area (Å²) in [6, 6.07) is 6.01. The van der Waals surface area contributed by atoms with Crippen LogP contribution in [0.25, 0.3) is 0 Å². The van der Waals surface area contributed by atoms with Crippen LogP contribution >= 0.6 is 0 Å². The van der Waals surface area contributed by atoms with Crippen molar-refractivity contribution < 1.29 is 14.5 Å². The molecule has 1 amide bonds. The maximum atomic E-state index is 12.0. The van der Waals surface area contributed by atoms with Crippen molar-refractivity contribution in [3.05, 3.63) is 28.3 Å². The predicted octanol–water partition coefficient (Wildman–Crippen LogP) is 2.48. The molecule has 1 rings (SSSR count). The summed E-state index contributed by atoms with van der Waals surface area (Å²) < 4.78 is 4.87. The SMILES string of the molecule is CCC(C)(C#N)C(=O)Nc1ccc(OC)c([N+](=O)[O-])c1. The number of nitriles is 1. The van der Waals surface area contributed by atoms with Crippen LogP contribution in [0.1, 0.15) is 20.3 Å². The Morgan fingerprint density at radius 1 is 1.60 bits per heavy atom. The van der Waals surface area contributed by atoms with E-state index in [9.17, 15) is 14.9 Å². The van der Waals surface area contributed by atoms with Crippen LogP contribution in [-0.4, -0.2) is 17.9 Å². The molecule has 0 heterocycles. The fraction of sp³-hybridized carbons (Fsp3) is 0.385. The zero-order valence-corrected chi connectivity index (χ0v) is 11.5. The third-order valence-corrected chi connectivity index (χ3v) is 3.09. The molecule has 0 aliphatic rings. The summed E-state index contributed by atoms with van der Waals surface area (Å²) in [7, 11) is 1.32. The third-order valence-electron chi connectivity index (χ3n) is 3.09. The van der Waals surface area contributed by atoms with Crippen molar-refractivity contribution in [3.8, 4) is 11.8 Å². The van der Waals surface area contributed by atoms with E-state index in [1.165, 1.54) is 32.2 Å². The minimum Gasteiger partial charge on any atom is -0.490 e. The summed E-state index contributed by atoms with van der Waals surface area (Å²) in [5.74, 6) is -0.395. The normalized spacial score (nSPS) is 12.9. The van der Waals surface area contributed by atoms with Gasteiger partial charge in [0.25, 0.3) is 0 Å². The molecular formula is C13H15N3O4. The van der Waals surface area contributed by atoms with Crippen molar-refractivity contribution in [2.75, 3.05) is 12.4 Å². The lowest BCUT2D eigenvalue weighted by Crippen LogP contribution is -2.31. The van der Waals surface area contributed by atoms with Gasteiger partial charge in [0.2, 0.25) is 5.91 Å². The maximum Gasteiger partial charge on any atom is 0.312 e. The first kappa shape index (κ1) is 15.4. The van der Waals surface area contributed by atoms with Gasteiger partial charge in [-0.1, -0.05) is 6.92 Å². The van der Waals surface area contributed by atoms with Crippen molar-refractivity contribution in [1.82, 2.24) is 0 Å². The lowest BCUT2D eigenvalue weighted by molar-refractivity contribution is -0.385. The first-order chi connectivity index (χ1) is 9.37. The number of carbonyl (C=O) groups is 1. The zero-order valence-electron chi connectivity index (χ0n) is 11.5. The van der Waals surface area contributed by atoms with Crippen LogP contribution in [0.4, 0.5) is 11.4 Å². The Morgan fingerprint density at radius 3 is 2.70 bits per heavy atom. The molecule has 7 nitrogen and oxygen atoms in total. The Balaban J connectivity index is 3.06. The summed E-state index contributed by atoms with van der Waals surface area (Å²) in [5, 5.41) is 22.4. The Kier molecular flexibility index (Phi) is 4.64. The number of nitro groups is 1. The highest BCUT2D eigenvalue weighted by atomic mass is 16.6. The second-order valence-corrected chi connectivity index (χ2v) is 4.40. The van der Waals surface area contributed by atoms with E-state index in [0.717, 1.165) is 0 Å². The zero-order chi connectivity index (χ0) is 15.3. The minimum atomic E-state index is -1.17. The van der Waals surface area contributed by atoms with Crippen LogP contribution in [0.5, 0.6) is 5.75 Å². The molecule has 0 spiro atoms. The van der Waals surface area contributed by atoms with Crippen molar-refractivity contribution in [3.63, 3.8) is 0 Å². The van der Waals surface area contributed by atoms with Crippen molar-refractivity contribution >= 4 is 17.3 Å². The highest BCUT2D eigenvalue weighted by Crippen LogP contribution is 2.30. The first-order valence-electron chi connectivity index (χ1n) is 5.93. The summed E-state index contributed by atoms with van der Waals surface area (Å²) in [6.45, 7) is 3.24. The number of rotatable bonds is 5. The minimum absolute atomic E-state index is 0.103. The number of carbonyl (C=O) groups excluding carboxylic acids is 1. The Hall–Kier alpha value is -2.62. The van der Waals surface area contributed by atoms with Gasteiger partial charge in [-0.3, -0.25) is 14.9 Å². The van der Waals surface area contributed by atoms with Crippen molar-refractivity contribution in [2.45, 2.75) is 20.3 Å². The molecule has 0 aliphatic heterocycles. The van der Waals surface area contributed by atoms with Crippen molar-refractivity contribution in [1.29, 1.82) is 5.26 Å². The van der Waals surface area contributed by atoms with Gasteiger partial charge < -0.3 is 10.1 Å². The summed E-state index contributed by atoms with van der Waals surface area (Å²) in [4.78, 5) is 22.3. The lowest BCUT2D eigenvalue weighted by atomic mass is 9.88. The number of benzene rings is 1. The molecule has 0 saturated carbocycles. The Bertz CT molecular complexity index is 579. The van der Waals surface area contributed by atoms with E-state index in [1.54, 1.807) is 6.92 Å². The van der Waals surface area contributed by atoms with Gasteiger partial charge >= 0.3 is 5.69 Å². The maximum absolute atomic E-state index is 12.0. The van der Waals surface area contributed by atoms with Crippen LogP contribution in [0, 0.1) is 26.9 Å². The van der Waals surface area contributed by atoms with Crippen LogP contribution in [-0.2, 0) is 4.79 Å². The quantitative estimate of drug-likeness (QED) is 0.657. The van der Waals surface area contributed by atoms with E-state index in [-0.39, 0.29) is 17.1 Å². The summed E-state index contributed by atoms with van der Waals surface area (Å²) >= 11 is 0. The van der Waals surface area contributed by atoms with Gasteiger partial charge in [0.05, 0.1) is 18.1 Å². The number of hydrogen-bond acceptors (Lipinski definition) is 5. The first-order valence-corrected chi connectivity index (χ1v) is 5.93. The van der Waals surface area contributed by atoms with Gasteiger partial charge in [0, 0.05) is 11.8 Å². The van der Waals surface area contributed by atoms with E-state index in [0.29, 0.717) is 6.42 Å². The molecule has 1 N–H and O–H groups in total. The fourth-order valence-electron chi connectivity index (χ4n) is 1.47. The summed E-state index contributed by atoms with van der Waals surface area (Å²) in [6.07, 6.45) is 0.341. The highest BCUT2D eigenvalue weighted by Gasteiger charge is 2.31. The number of ether oxygens (including phenoxy) is 1. The van der Waals surface area contributed by atoms with Crippen LogP contribution in [0.2, 0.25) is 0 Å². The number of hydrogen-bond donors (Lipinski definition) is 1. The van der Waals surface area contributed by atoms with Crippen LogP contribution in [0.15, 0.2) is 18.2 Å². The number of nitrogens with zero attached hydrogens (tertiary/aromatic N) is 2. The number of anilines is 1. The van der Waals surface area contributed by atoms with Gasteiger partial charge in [-0.05, 0) is 25.5 Å². The highest BCUT2D eigenvalue weighted by molar-refractivity contribution is 5.97. The fourth-order valence-corrected chi connectivity index (χ4v) is 1.47. The van der Waals surface area contributed by atoms with Gasteiger partial charge in [0.15, 0.2) is 5.75 Å². The lowest BCUT2D eigenvalue weighted by Gasteiger charge is -2.18. The van der Waals surface area contributed by atoms with E-state index in [1.807, 2.05) is 6.07 Å². The predicted molar refractivity (Wildman–Crippen MR) is 72.3 cm³/mol. The number of methoxy groups -OCH3 is 1. The second kappa shape index (κ2) is 6.02. The average Bonchev–Trinajstić information content (AvgIpc) is 2.46. The second-order valence-electron chi connectivity index (χ2n) is 4.40. The van der Waals surface area contributed by atoms with Gasteiger partial charge in [-0.15, -0.1) is 0 Å². The van der Waals surface area contributed by atoms with Crippen LogP contribution in [0.3, 0.4) is 0 Å². The monoisotopic (exact) mass is 277 g/mol. The van der Waals surface area contributed by atoms with E-state index in [2.05, 4.69) is 5.32 Å². The largest absolute Gasteiger partial charge is 0.490 e. The molecule has 0 saturated heterocycles. The molecular weight excluding hydrogens is 262 g/mol. The smallest absolute Gasteiger partial charge is 0.312 e. The number of nitrogens with one attached hydrogen (secondary N) is 1. The molecule has 1 unspecified atom stereocenters. The number of nitro benzene ring substituents is 1. The number of amides is 1. The molecule has 0 bridgehead atoms. The standard InChI is InChI=1S/C13H15N3O4/c1-4-13(2,8-14)12(17)15-9-5-6-11(20-3)10(7-9)16(18)19/h5-7H,4H2,1-3H3,(H,15,17). The van der Waals surface area contributed by atoms with Crippen LogP contribution < -0.4 is 10.1 Å².